The van der Waals surface area contributed by atoms with E-state index >= 15 is 0 Å². The SMILES string of the molecule is CC1=Cc2ccc(P(c3ccccc3)c3ccccc3)cc2C1CC1C(C)=Cc2ccc(P(c3ccccc3)c3ccccc3)cc21. The average Bonchev–Trinajstić information content (AvgIpc) is 3.61. The van der Waals surface area contributed by atoms with Gasteiger partial charge in [-0.25, -0.2) is 0 Å². The predicted molar refractivity (Wildman–Crippen MR) is 208 cm³/mol. The standard InChI is InChI=1S/C45H38P2/c1-32-27-34-23-25-40(46(36-15-7-3-8-16-36)37-17-9-4-10-18-37)29-44(34)42(32)31-43-33(2)28-35-24-26-41(30-45(35)43)47(38-19-11-5-12-20-38)39-21-13-6-14-22-39/h3-30,42-43H,31H2,1-2H3. The summed E-state index contributed by atoms with van der Waals surface area (Å²) in [5.74, 6) is 0.808. The van der Waals surface area contributed by atoms with Crippen molar-refractivity contribution in [3.05, 3.63) is 191 Å². The van der Waals surface area contributed by atoms with Crippen molar-refractivity contribution in [2.45, 2.75) is 32.1 Å². The molecule has 0 fully saturated rings. The highest BCUT2D eigenvalue weighted by Gasteiger charge is 2.32. The fourth-order valence-corrected chi connectivity index (χ4v) is 12.2. The highest BCUT2D eigenvalue weighted by Crippen LogP contribution is 2.48. The molecule has 47 heavy (non-hydrogen) atoms. The third-order valence-corrected chi connectivity index (χ3v) is 14.6. The van der Waals surface area contributed by atoms with Gasteiger partial charge < -0.3 is 0 Å². The van der Waals surface area contributed by atoms with E-state index in [4.69, 9.17) is 0 Å². The predicted octanol–water partition coefficient (Wildman–Crippen LogP) is 9.29. The minimum absolute atomic E-state index is 0.404. The van der Waals surface area contributed by atoms with Gasteiger partial charge in [-0.15, -0.1) is 0 Å². The van der Waals surface area contributed by atoms with Crippen LogP contribution >= 0.6 is 15.8 Å². The molecule has 0 nitrogen and oxygen atoms in total. The first-order valence-electron chi connectivity index (χ1n) is 16.6. The van der Waals surface area contributed by atoms with E-state index in [9.17, 15) is 0 Å². The van der Waals surface area contributed by atoms with E-state index in [1.807, 2.05) is 0 Å². The fourth-order valence-electron chi connectivity index (χ4n) is 7.52. The van der Waals surface area contributed by atoms with E-state index in [1.54, 1.807) is 0 Å². The number of hydrogen-bond acceptors (Lipinski definition) is 0. The van der Waals surface area contributed by atoms with Crippen LogP contribution in [0.25, 0.3) is 12.2 Å². The zero-order chi connectivity index (χ0) is 31.7. The molecule has 0 radical (unpaired) electrons. The lowest BCUT2D eigenvalue weighted by Gasteiger charge is -2.25. The maximum atomic E-state index is 2.55. The summed E-state index contributed by atoms with van der Waals surface area (Å²) in [5.41, 5.74) is 8.72. The summed E-state index contributed by atoms with van der Waals surface area (Å²) < 4.78 is 0. The van der Waals surface area contributed by atoms with Crippen LogP contribution in [0.2, 0.25) is 0 Å². The summed E-state index contributed by atoms with van der Waals surface area (Å²) in [6.07, 6.45) is 5.97. The number of allylic oxidation sites excluding steroid dienone is 2. The Morgan fingerprint density at radius 2 is 0.702 bits per heavy atom. The Balaban J connectivity index is 1.15. The quantitative estimate of drug-likeness (QED) is 0.146. The monoisotopic (exact) mass is 640 g/mol. The van der Waals surface area contributed by atoms with Gasteiger partial charge in [-0.1, -0.05) is 169 Å². The molecule has 0 amide bonds. The Morgan fingerprint density at radius 3 is 1.02 bits per heavy atom. The van der Waals surface area contributed by atoms with Crippen molar-refractivity contribution in [3.63, 3.8) is 0 Å². The fraction of sp³-hybridized carbons (Fsp3) is 0.111. The van der Waals surface area contributed by atoms with Gasteiger partial charge in [0.2, 0.25) is 0 Å². The Bertz CT molecular complexity index is 1850. The van der Waals surface area contributed by atoms with Crippen LogP contribution in [0.4, 0.5) is 0 Å². The second-order valence-electron chi connectivity index (χ2n) is 12.8. The van der Waals surface area contributed by atoms with E-state index < -0.39 is 15.8 Å². The van der Waals surface area contributed by atoms with Gasteiger partial charge in [-0.2, -0.15) is 0 Å². The summed E-state index contributed by atoms with van der Waals surface area (Å²) >= 11 is 0. The van der Waals surface area contributed by atoms with Gasteiger partial charge in [0.25, 0.3) is 0 Å². The van der Waals surface area contributed by atoms with Crippen LogP contribution in [0.15, 0.2) is 169 Å². The molecule has 2 unspecified atom stereocenters. The first-order valence-corrected chi connectivity index (χ1v) is 19.3. The number of benzene rings is 6. The summed E-state index contributed by atoms with van der Waals surface area (Å²) in [7, 11) is -1.28. The normalized spacial score (nSPS) is 16.6. The molecule has 0 heterocycles. The number of fused-ring (bicyclic) bond motifs is 2. The minimum Gasteiger partial charge on any atom is -0.0652 e. The van der Waals surface area contributed by atoms with Crippen LogP contribution < -0.4 is 31.8 Å². The van der Waals surface area contributed by atoms with Gasteiger partial charge in [-0.3, -0.25) is 0 Å². The highest BCUT2D eigenvalue weighted by atomic mass is 31.1. The molecule has 6 aromatic carbocycles. The molecule has 2 heteroatoms. The van der Waals surface area contributed by atoms with E-state index in [0.29, 0.717) is 11.8 Å². The smallest absolute Gasteiger partial charge is 0.00638 e. The van der Waals surface area contributed by atoms with Gasteiger partial charge in [0.15, 0.2) is 0 Å². The largest absolute Gasteiger partial charge is 0.0652 e. The van der Waals surface area contributed by atoms with Crippen LogP contribution in [-0.4, -0.2) is 0 Å². The zero-order valence-corrected chi connectivity index (χ0v) is 28.7. The molecular weight excluding hydrogens is 602 g/mol. The van der Waals surface area contributed by atoms with Crippen LogP contribution in [0.3, 0.4) is 0 Å². The molecule has 2 aliphatic carbocycles. The van der Waals surface area contributed by atoms with Crippen molar-refractivity contribution in [2.75, 3.05) is 0 Å². The number of hydrogen-bond donors (Lipinski definition) is 0. The summed E-state index contributed by atoms with van der Waals surface area (Å²) in [6, 6.07) is 58.9. The zero-order valence-electron chi connectivity index (χ0n) is 26.9. The van der Waals surface area contributed by atoms with E-state index in [1.165, 1.54) is 65.2 Å². The molecule has 228 valence electrons. The summed E-state index contributed by atoms with van der Waals surface area (Å²) in [5, 5.41) is 8.47. The molecule has 0 saturated heterocycles. The lowest BCUT2D eigenvalue weighted by atomic mass is 9.82. The van der Waals surface area contributed by atoms with E-state index in [0.717, 1.165) is 6.42 Å². The Kier molecular flexibility index (Phi) is 8.33. The molecule has 6 aromatic rings. The molecule has 2 aliphatic rings. The molecule has 0 aromatic heterocycles. The van der Waals surface area contributed by atoms with Crippen LogP contribution in [-0.2, 0) is 0 Å². The molecule has 0 saturated carbocycles. The van der Waals surface area contributed by atoms with Gasteiger partial charge in [0, 0.05) is 11.8 Å². The highest BCUT2D eigenvalue weighted by molar-refractivity contribution is 7.80. The van der Waals surface area contributed by atoms with Crippen LogP contribution in [0.5, 0.6) is 0 Å². The van der Waals surface area contributed by atoms with Gasteiger partial charge in [-0.05, 0) is 102 Å². The Hall–Kier alpha value is -4.34. The summed E-state index contributed by atoms with van der Waals surface area (Å²) in [6.45, 7) is 4.69. The first-order chi connectivity index (χ1) is 23.1. The molecule has 0 N–H and O–H groups in total. The van der Waals surface area contributed by atoms with Crippen molar-refractivity contribution >= 4 is 59.8 Å². The number of rotatable bonds is 8. The van der Waals surface area contributed by atoms with Gasteiger partial charge >= 0.3 is 0 Å². The third-order valence-electron chi connectivity index (χ3n) is 9.80. The second kappa shape index (κ2) is 13.0. The molecule has 2 atom stereocenters. The van der Waals surface area contributed by atoms with E-state index in [2.05, 4.69) is 184 Å². The minimum atomic E-state index is -0.641. The third kappa shape index (κ3) is 5.87. The average molecular weight is 641 g/mol. The molecular formula is C45H38P2. The first kappa shape index (κ1) is 30.0. The Morgan fingerprint density at radius 1 is 0.383 bits per heavy atom. The van der Waals surface area contributed by atoms with Crippen molar-refractivity contribution < 1.29 is 0 Å². The second-order valence-corrected chi connectivity index (χ2v) is 17.2. The molecule has 0 aliphatic heterocycles. The lowest BCUT2D eigenvalue weighted by molar-refractivity contribution is 0.643. The molecule has 0 spiro atoms. The maximum Gasteiger partial charge on any atom is 0.00638 e. The lowest BCUT2D eigenvalue weighted by Crippen LogP contribution is -2.21. The van der Waals surface area contributed by atoms with Crippen LogP contribution in [0, 0.1) is 0 Å². The van der Waals surface area contributed by atoms with Gasteiger partial charge in [0.05, 0.1) is 0 Å². The van der Waals surface area contributed by atoms with E-state index in [-0.39, 0.29) is 0 Å². The van der Waals surface area contributed by atoms with Gasteiger partial charge in [0.1, 0.15) is 0 Å². The van der Waals surface area contributed by atoms with Crippen molar-refractivity contribution in [1.82, 2.24) is 0 Å². The van der Waals surface area contributed by atoms with Crippen molar-refractivity contribution in [2.24, 2.45) is 0 Å². The Labute approximate surface area is 282 Å². The molecule has 8 rings (SSSR count). The van der Waals surface area contributed by atoms with Crippen molar-refractivity contribution in [1.29, 1.82) is 0 Å². The maximum absolute atomic E-state index is 2.55. The topological polar surface area (TPSA) is 0 Å². The summed E-state index contributed by atoms with van der Waals surface area (Å²) in [4.78, 5) is 0. The molecule has 0 bridgehead atoms. The van der Waals surface area contributed by atoms with Crippen molar-refractivity contribution in [3.8, 4) is 0 Å². The van der Waals surface area contributed by atoms with Crippen LogP contribution in [0.1, 0.15) is 54.4 Å².